The molecule has 2 aliphatic carbocycles. The number of nitrogens with zero attached hydrogens (tertiary/aromatic N) is 1. The smallest absolute Gasteiger partial charge is 0.180 e. The van der Waals surface area contributed by atoms with Crippen LogP contribution in [-0.4, -0.2) is 29.7 Å². The summed E-state index contributed by atoms with van der Waals surface area (Å²) in [6.07, 6.45) is 4.17. The van der Waals surface area contributed by atoms with Crippen LogP contribution in [0.25, 0.3) is 0 Å². The van der Waals surface area contributed by atoms with E-state index in [2.05, 4.69) is 17.0 Å². The standard InChI is InChI=1S/C30H32ClNO4/c1-18(2)36-30-21(31)15-20(16-26(30)35-3)27-28-22(11-7-13-24(28)33)32(17-19-9-5-4-6-10-19)23-12-8-14-25(34)29(23)27/h4-6,9-10,15-16,18,27H,7-8,11-14,17H2,1-3H3. The van der Waals surface area contributed by atoms with Gasteiger partial charge in [-0.3, -0.25) is 9.59 Å². The van der Waals surface area contributed by atoms with Gasteiger partial charge in [-0.1, -0.05) is 41.9 Å². The molecule has 1 aliphatic heterocycles. The van der Waals surface area contributed by atoms with E-state index >= 15 is 0 Å². The number of allylic oxidation sites excluding steroid dienone is 4. The number of rotatable bonds is 6. The van der Waals surface area contributed by atoms with E-state index in [0.717, 1.165) is 59.4 Å². The third kappa shape index (κ3) is 4.45. The summed E-state index contributed by atoms with van der Waals surface area (Å²) in [6, 6.07) is 14.0. The topological polar surface area (TPSA) is 55.8 Å². The summed E-state index contributed by atoms with van der Waals surface area (Å²) in [6.45, 7) is 4.51. The third-order valence-electron chi connectivity index (χ3n) is 7.21. The number of Topliss-reactive ketones (excluding diaryl/α,β-unsaturated/α-hetero) is 2. The van der Waals surface area contributed by atoms with E-state index in [0.29, 0.717) is 35.9 Å². The highest BCUT2D eigenvalue weighted by atomic mass is 35.5. The fraction of sp³-hybridized carbons (Fsp3) is 0.400. The Morgan fingerprint density at radius 2 is 1.56 bits per heavy atom. The number of ketones is 2. The molecule has 0 unspecified atom stereocenters. The monoisotopic (exact) mass is 505 g/mol. The van der Waals surface area contributed by atoms with Crippen molar-refractivity contribution >= 4 is 23.2 Å². The molecule has 0 saturated heterocycles. The van der Waals surface area contributed by atoms with Gasteiger partial charge in [-0.05, 0) is 62.8 Å². The molecule has 0 spiro atoms. The van der Waals surface area contributed by atoms with Crippen molar-refractivity contribution in [2.24, 2.45) is 0 Å². The second-order valence-electron chi connectivity index (χ2n) is 9.98. The minimum absolute atomic E-state index is 0.0769. The summed E-state index contributed by atoms with van der Waals surface area (Å²) in [5.41, 5.74) is 5.53. The van der Waals surface area contributed by atoms with Crippen LogP contribution in [-0.2, 0) is 16.1 Å². The maximum atomic E-state index is 13.5. The van der Waals surface area contributed by atoms with Gasteiger partial charge in [0.2, 0.25) is 0 Å². The predicted molar refractivity (Wildman–Crippen MR) is 140 cm³/mol. The highest BCUT2D eigenvalue weighted by molar-refractivity contribution is 6.32. The lowest BCUT2D eigenvalue weighted by Crippen LogP contribution is -2.38. The summed E-state index contributed by atoms with van der Waals surface area (Å²) < 4.78 is 11.6. The van der Waals surface area contributed by atoms with E-state index in [4.69, 9.17) is 21.1 Å². The minimum Gasteiger partial charge on any atom is -0.493 e. The van der Waals surface area contributed by atoms with Crippen LogP contribution >= 0.6 is 11.6 Å². The van der Waals surface area contributed by atoms with Gasteiger partial charge >= 0.3 is 0 Å². The van der Waals surface area contributed by atoms with Gasteiger partial charge < -0.3 is 14.4 Å². The number of hydrogen-bond donors (Lipinski definition) is 0. The molecule has 0 saturated carbocycles. The lowest BCUT2D eigenvalue weighted by Gasteiger charge is -2.44. The van der Waals surface area contributed by atoms with Crippen molar-refractivity contribution in [2.45, 2.75) is 70.9 Å². The minimum atomic E-state index is -0.442. The fourth-order valence-corrected chi connectivity index (χ4v) is 6.03. The highest BCUT2D eigenvalue weighted by Crippen LogP contribution is 2.51. The van der Waals surface area contributed by atoms with Crippen molar-refractivity contribution in [1.82, 2.24) is 4.90 Å². The molecule has 6 heteroatoms. The molecule has 188 valence electrons. The Balaban J connectivity index is 1.70. The first-order chi connectivity index (χ1) is 17.4. The summed E-state index contributed by atoms with van der Waals surface area (Å²) in [5, 5.41) is 0.417. The van der Waals surface area contributed by atoms with Gasteiger partial charge in [-0.2, -0.15) is 0 Å². The molecule has 0 radical (unpaired) electrons. The normalized spacial score (nSPS) is 18.5. The predicted octanol–water partition coefficient (Wildman–Crippen LogP) is 6.75. The summed E-state index contributed by atoms with van der Waals surface area (Å²) in [5.74, 6) is 0.771. The average molecular weight is 506 g/mol. The van der Waals surface area contributed by atoms with Crippen LogP contribution in [0.15, 0.2) is 65.0 Å². The van der Waals surface area contributed by atoms with E-state index in [1.165, 1.54) is 0 Å². The molecule has 0 atom stereocenters. The van der Waals surface area contributed by atoms with E-state index in [-0.39, 0.29) is 17.7 Å². The zero-order chi connectivity index (χ0) is 25.4. The highest BCUT2D eigenvalue weighted by Gasteiger charge is 2.43. The van der Waals surface area contributed by atoms with Crippen LogP contribution in [0.2, 0.25) is 5.02 Å². The fourth-order valence-electron chi connectivity index (χ4n) is 5.76. The Bertz CT molecular complexity index is 1220. The maximum Gasteiger partial charge on any atom is 0.180 e. The number of methoxy groups -OCH3 is 1. The van der Waals surface area contributed by atoms with E-state index in [9.17, 15) is 9.59 Å². The summed E-state index contributed by atoms with van der Waals surface area (Å²) in [7, 11) is 1.58. The first-order valence-corrected chi connectivity index (χ1v) is 13.1. The number of hydrogen-bond acceptors (Lipinski definition) is 5. The Morgan fingerprint density at radius 1 is 0.944 bits per heavy atom. The van der Waals surface area contributed by atoms with Crippen LogP contribution in [0, 0.1) is 0 Å². The van der Waals surface area contributed by atoms with E-state index in [1.54, 1.807) is 7.11 Å². The molecule has 3 aliphatic rings. The first kappa shape index (κ1) is 24.6. The number of ether oxygens (including phenoxy) is 2. The zero-order valence-electron chi connectivity index (χ0n) is 21.1. The van der Waals surface area contributed by atoms with Gasteiger partial charge in [0.25, 0.3) is 0 Å². The molecule has 2 aromatic carbocycles. The van der Waals surface area contributed by atoms with Crippen LogP contribution < -0.4 is 9.47 Å². The van der Waals surface area contributed by atoms with Gasteiger partial charge in [-0.15, -0.1) is 0 Å². The van der Waals surface area contributed by atoms with Crippen molar-refractivity contribution in [2.75, 3.05) is 7.11 Å². The largest absolute Gasteiger partial charge is 0.493 e. The number of benzene rings is 2. The van der Waals surface area contributed by atoms with Crippen molar-refractivity contribution < 1.29 is 19.1 Å². The van der Waals surface area contributed by atoms with Crippen LogP contribution in [0.1, 0.15) is 69.4 Å². The van der Waals surface area contributed by atoms with Crippen molar-refractivity contribution in [1.29, 1.82) is 0 Å². The Morgan fingerprint density at radius 3 is 2.11 bits per heavy atom. The van der Waals surface area contributed by atoms with Crippen LogP contribution in [0.3, 0.4) is 0 Å². The number of halogens is 1. The second kappa shape index (κ2) is 10.1. The Hall–Kier alpha value is -3.05. The summed E-state index contributed by atoms with van der Waals surface area (Å²) >= 11 is 6.72. The van der Waals surface area contributed by atoms with E-state index < -0.39 is 5.92 Å². The molecule has 1 heterocycles. The zero-order valence-corrected chi connectivity index (χ0v) is 21.9. The summed E-state index contributed by atoms with van der Waals surface area (Å²) in [4.78, 5) is 29.3. The third-order valence-corrected chi connectivity index (χ3v) is 7.49. The molecular formula is C30H32ClNO4. The molecule has 0 bridgehead atoms. The molecule has 0 amide bonds. The molecule has 0 aromatic heterocycles. The molecule has 2 aromatic rings. The molecule has 5 rings (SSSR count). The molecule has 5 nitrogen and oxygen atoms in total. The van der Waals surface area contributed by atoms with Gasteiger partial charge in [0, 0.05) is 47.8 Å². The van der Waals surface area contributed by atoms with Gasteiger partial charge in [0.1, 0.15) is 0 Å². The Labute approximate surface area is 217 Å². The maximum absolute atomic E-state index is 13.5. The molecule has 0 fully saturated rings. The lowest BCUT2D eigenvalue weighted by molar-refractivity contribution is -0.117. The van der Waals surface area contributed by atoms with Gasteiger partial charge in [0.05, 0.1) is 18.2 Å². The quantitative estimate of drug-likeness (QED) is 0.434. The number of carbonyl (C=O) groups is 2. The first-order valence-electron chi connectivity index (χ1n) is 12.8. The molecule has 36 heavy (non-hydrogen) atoms. The van der Waals surface area contributed by atoms with E-state index in [1.807, 2.05) is 44.2 Å². The van der Waals surface area contributed by atoms with Crippen LogP contribution in [0.4, 0.5) is 0 Å². The number of carbonyl (C=O) groups excluding carboxylic acids is 2. The SMILES string of the molecule is COc1cc(C2C3=C(CCCC3=O)N(Cc3ccccc3)C3=C2C(=O)CCC3)cc(Cl)c1OC(C)C. The average Bonchev–Trinajstić information content (AvgIpc) is 2.86. The lowest BCUT2D eigenvalue weighted by atomic mass is 9.71. The molecular weight excluding hydrogens is 474 g/mol. The van der Waals surface area contributed by atoms with Crippen molar-refractivity contribution in [3.63, 3.8) is 0 Å². The second-order valence-corrected chi connectivity index (χ2v) is 10.4. The van der Waals surface area contributed by atoms with Gasteiger partial charge in [-0.25, -0.2) is 0 Å². The van der Waals surface area contributed by atoms with Crippen LogP contribution in [0.5, 0.6) is 11.5 Å². The van der Waals surface area contributed by atoms with Crippen molar-refractivity contribution in [3.8, 4) is 11.5 Å². The van der Waals surface area contributed by atoms with Crippen molar-refractivity contribution in [3.05, 3.63) is 81.2 Å². The van der Waals surface area contributed by atoms with Gasteiger partial charge in [0.15, 0.2) is 23.1 Å². The Kier molecular flexibility index (Phi) is 6.94. The molecule has 0 N–H and O–H groups in total.